The molecule has 1 heterocycles. The highest BCUT2D eigenvalue weighted by Gasteiger charge is 2.20. The molecule has 96 valence electrons. The largest absolute Gasteiger partial charge is 0.372 e. The molecule has 2 N–H and O–H groups in total. The summed E-state index contributed by atoms with van der Waals surface area (Å²) in [6, 6.07) is 14.4. The van der Waals surface area contributed by atoms with Gasteiger partial charge in [-0.1, -0.05) is 36.4 Å². The van der Waals surface area contributed by atoms with Gasteiger partial charge in [-0.3, -0.25) is 0 Å². The molecule has 0 spiro atoms. The molecule has 2 rings (SSSR count). The summed E-state index contributed by atoms with van der Waals surface area (Å²) < 4.78 is 5.82. The van der Waals surface area contributed by atoms with Gasteiger partial charge < -0.3 is 10.5 Å². The Morgan fingerprint density at radius 1 is 1.17 bits per heavy atom. The Kier molecular flexibility index (Phi) is 4.93. The third-order valence-electron chi connectivity index (χ3n) is 2.88. The van der Waals surface area contributed by atoms with E-state index in [-0.39, 0.29) is 12.1 Å². The van der Waals surface area contributed by atoms with Gasteiger partial charge in [0, 0.05) is 17.5 Å². The summed E-state index contributed by atoms with van der Waals surface area (Å²) in [5, 5.41) is 2.08. The summed E-state index contributed by atoms with van der Waals surface area (Å²) in [6.07, 6.45) is 0.829. The van der Waals surface area contributed by atoms with Crippen LogP contribution in [0.15, 0.2) is 47.8 Å². The lowest BCUT2D eigenvalue weighted by Crippen LogP contribution is -2.32. The van der Waals surface area contributed by atoms with Crippen molar-refractivity contribution in [2.24, 2.45) is 5.73 Å². The standard InChI is InChI=1S/C15H19NOS/c1-2-17-15(12-7-4-3-5-8-12)14(16)11-13-9-6-10-18-13/h3-10,14-15H,2,11,16H2,1H3. The topological polar surface area (TPSA) is 35.2 Å². The zero-order valence-corrected chi connectivity index (χ0v) is 11.4. The zero-order valence-electron chi connectivity index (χ0n) is 10.6. The van der Waals surface area contributed by atoms with Crippen molar-refractivity contribution in [2.45, 2.75) is 25.5 Å². The number of ether oxygens (including phenoxy) is 1. The first kappa shape index (κ1) is 13.3. The van der Waals surface area contributed by atoms with Crippen LogP contribution in [0.5, 0.6) is 0 Å². The summed E-state index contributed by atoms with van der Waals surface area (Å²) in [5.41, 5.74) is 7.46. The van der Waals surface area contributed by atoms with Crippen LogP contribution in [0.1, 0.15) is 23.5 Å². The molecule has 0 aliphatic heterocycles. The first-order chi connectivity index (χ1) is 8.81. The average Bonchev–Trinajstić information content (AvgIpc) is 2.89. The first-order valence-electron chi connectivity index (χ1n) is 6.25. The summed E-state index contributed by atoms with van der Waals surface area (Å²) >= 11 is 1.75. The normalized spacial score (nSPS) is 14.3. The fraction of sp³-hybridized carbons (Fsp3) is 0.333. The summed E-state index contributed by atoms with van der Waals surface area (Å²) in [4.78, 5) is 1.31. The molecule has 2 aromatic rings. The summed E-state index contributed by atoms with van der Waals surface area (Å²) in [6.45, 7) is 2.69. The Morgan fingerprint density at radius 2 is 1.94 bits per heavy atom. The van der Waals surface area contributed by atoms with Crippen molar-refractivity contribution in [1.82, 2.24) is 0 Å². The Hall–Kier alpha value is -1.16. The highest BCUT2D eigenvalue weighted by Crippen LogP contribution is 2.23. The first-order valence-corrected chi connectivity index (χ1v) is 7.13. The molecular formula is C15H19NOS. The molecule has 0 aliphatic carbocycles. The molecule has 0 saturated carbocycles. The van der Waals surface area contributed by atoms with E-state index in [0.717, 1.165) is 12.0 Å². The molecule has 0 radical (unpaired) electrons. The number of benzene rings is 1. The number of hydrogen-bond acceptors (Lipinski definition) is 3. The molecule has 0 amide bonds. The molecule has 0 aliphatic rings. The molecule has 0 fully saturated rings. The Labute approximate surface area is 112 Å². The molecule has 1 aromatic carbocycles. The van der Waals surface area contributed by atoms with Gasteiger partial charge in [-0.05, 0) is 30.4 Å². The van der Waals surface area contributed by atoms with Crippen molar-refractivity contribution >= 4 is 11.3 Å². The maximum Gasteiger partial charge on any atom is 0.0979 e. The van der Waals surface area contributed by atoms with Gasteiger partial charge in [0.15, 0.2) is 0 Å². The van der Waals surface area contributed by atoms with Gasteiger partial charge in [-0.25, -0.2) is 0 Å². The summed E-state index contributed by atoms with van der Waals surface area (Å²) in [5.74, 6) is 0. The molecule has 0 saturated heterocycles. The molecule has 0 bridgehead atoms. The monoisotopic (exact) mass is 261 g/mol. The van der Waals surface area contributed by atoms with E-state index >= 15 is 0 Å². The second kappa shape index (κ2) is 6.69. The van der Waals surface area contributed by atoms with E-state index < -0.39 is 0 Å². The van der Waals surface area contributed by atoms with Gasteiger partial charge in [0.2, 0.25) is 0 Å². The lowest BCUT2D eigenvalue weighted by molar-refractivity contribution is 0.0435. The lowest BCUT2D eigenvalue weighted by Gasteiger charge is -2.24. The van der Waals surface area contributed by atoms with Gasteiger partial charge in [-0.15, -0.1) is 11.3 Å². The number of rotatable bonds is 6. The zero-order chi connectivity index (χ0) is 12.8. The van der Waals surface area contributed by atoms with Crippen molar-refractivity contribution in [1.29, 1.82) is 0 Å². The molecule has 18 heavy (non-hydrogen) atoms. The SMILES string of the molecule is CCOC(c1ccccc1)C(N)Cc1cccs1. The Morgan fingerprint density at radius 3 is 2.56 bits per heavy atom. The highest BCUT2D eigenvalue weighted by molar-refractivity contribution is 7.09. The quantitative estimate of drug-likeness (QED) is 0.865. The second-order valence-electron chi connectivity index (χ2n) is 4.23. The van der Waals surface area contributed by atoms with Crippen LogP contribution in [-0.2, 0) is 11.2 Å². The lowest BCUT2D eigenvalue weighted by atomic mass is 9.99. The third kappa shape index (κ3) is 3.42. The van der Waals surface area contributed by atoms with Gasteiger partial charge >= 0.3 is 0 Å². The minimum atomic E-state index is -0.0294. The van der Waals surface area contributed by atoms with Gasteiger partial charge in [0.25, 0.3) is 0 Å². The Bertz CT molecular complexity index is 441. The van der Waals surface area contributed by atoms with E-state index in [4.69, 9.17) is 10.5 Å². The van der Waals surface area contributed by atoms with Crippen molar-refractivity contribution in [3.8, 4) is 0 Å². The van der Waals surface area contributed by atoms with Crippen LogP contribution >= 0.6 is 11.3 Å². The number of nitrogens with two attached hydrogens (primary N) is 1. The predicted molar refractivity (Wildman–Crippen MR) is 76.8 cm³/mol. The van der Waals surface area contributed by atoms with Crippen LogP contribution in [0.4, 0.5) is 0 Å². The molecular weight excluding hydrogens is 242 g/mol. The second-order valence-corrected chi connectivity index (χ2v) is 5.27. The Balaban J connectivity index is 2.09. The maximum atomic E-state index is 6.31. The van der Waals surface area contributed by atoms with Gasteiger partial charge in [-0.2, -0.15) is 0 Å². The molecule has 1 aromatic heterocycles. The van der Waals surface area contributed by atoms with Crippen LogP contribution in [0.3, 0.4) is 0 Å². The molecule has 2 atom stereocenters. The van der Waals surface area contributed by atoms with E-state index in [0.29, 0.717) is 6.61 Å². The fourth-order valence-electron chi connectivity index (χ4n) is 2.06. The average molecular weight is 261 g/mol. The van der Waals surface area contributed by atoms with E-state index in [1.807, 2.05) is 25.1 Å². The van der Waals surface area contributed by atoms with Crippen molar-refractivity contribution < 1.29 is 4.74 Å². The minimum Gasteiger partial charge on any atom is -0.372 e. The number of thiophene rings is 1. The molecule has 2 nitrogen and oxygen atoms in total. The molecule has 3 heteroatoms. The van der Waals surface area contributed by atoms with Gasteiger partial charge in [0.1, 0.15) is 0 Å². The molecule has 2 unspecified atom stereocenters. The van der Waals surface area contributed by atoms with Gasteiger partial charge in [0.05, 0.1) is 6.10 Å². The fourth-order valence-corrected chi connectivity index (χ4v) is 2.84. The van der Waals surface area contributed by atoms with Crippen LogP contribution in [0.25, 0.3) is 0 Å². The van der Waals surface area contributed by atoms with Crippen molar-refractivity contribution in [3.63, 3.8) is 0 Å². The predicted octanol–water partition coefficient (Wildman–Crippen LogP) is 3.40. The van der Waals surface area contributed by atoms with Crippen molar-refractivity contribution in [2.75, 3.05) is 6.61 Å². The highest BCUT2D eigenvalue weighted by atomic mass is 32.1. The maximum absolute atomic E-state index is 6.31. The van der Waals surface area contributed by atoms with E-state index in [1.54, 1.807) is 11.3 Å². The van der Waals surface area contributed by atoms with E-state index in [9.17, 15) is 0 Å². The van der Waals surface area contributed by atoms with Crippen LogP contribution in [-0.4, -0.2) is 12.6 Å². The van der Waals surface area contributed by atoms with E-state index in [2.05, 4.69) is 29.6 Å². The minimum absolute atomic E-state index is 0.00833. The smallest absolute Gasteiger partial charge is 0.0979 e. The third-order valence-corrected chi connectivity index (χ3v) is 3.78. The number of hydrogen-bond donors (Lipinski definition) is 1. The van der Waals surface area contributed by atoms with Crippen molar-refractivity contribution in [3.05, 3.63) is 58.3 Å². The van der Waals surface area contributed by atoms with Crippen LogP contribution in [0.2, 0.25) is 0 Å². The van der Waals surface area contributed by atoms with E-state index in [1.165, 1.54) is 4.88 Å². The summed E-state index contributed by atoms with van der Waals surface area (Å²) in [7, 11) is 0. The van der Waals surface area contributed by atoms with Crippen LogP contribution < -0.4 is 5.73 Å². The van der Waals surface area contributed by atoms with Crippen LogP contribution in [0, 0.1) is 0 Å².